The second-order valence-electron chi connectivity index (χ2n) is 3.97. The number of ether oxygens (including phenoxy) is 1. The molecule has 1 aliphatic heterocycles. The minimum atomic E-state index is -0.516. The number of carbonyl (C=O) groups excluding carboxylic acids is 1. The SMILES string of the molecule is O=C1NCCCCC1Oc1ccc(Br)c(F)c1. The average molecular weight is 302 g/mol. The third-order valence-corrected chi connectivity index (χ3v) is 3.30. The van der Waals surface area contributed by atoms with E-state index in [1.807, 2.05) is 0 Å². The monoisotopic (exact) mass is 301 g/mol. The molecular weight excluding hydrogens is 289 g/mol. The van der Waals surface area contributed by atoms with Crippen LogP contribution < -0.4 is 10.1 Å². The van der Waals surface area contributed by atoms with Gasteiger partial charge in [0.1, 0.15) is 11.6 Å². The lowest BCUT2D eigenvalue weighted by Gasteiger charge is -2.15. The third kappa shape index (κ3) is 3.19. The second-order valence-corrected chi connectivity index (χ2v) is 4.82. The summed E-state index contributed by atoms with van der Waals surface area (Å²) in [5.74, 6) is -0.130. The Balaban J connectivity index is 2.08. The van der Waals surface area contributed by atoms with Gasteiger partial charge in [0.25, 0.3) is 5.91 Å². The molecule has 0 aromatic heterocycles. The van der Waals surface area contributed by atoms with Gasteiger partial charge in [0.2, 0.25) is 0 Å². The van der Waals surface area contributed by atoms with E-state index in [1.165, 1.54) is 6.07 Å². The topological polar surface area (TPSA) is 38.3 Å². The zero-order chi connectivity index (χ0) is 12.3. The molecule has 17 heavy (non-hydrogen) atoms. The summed E-state index contributed by atoms with van der Waals surface area (Å²) in [6.07, 6.45) is 2.05. The summed E-state index contributed by atoms with van der Waals surface area (Å²) in [4.78, 5) is 11.6. The second kappa shape index (κ2) is 5.49. The highest BCUT2D eigenvalue weighted by atomic mass is 79.9. The maximum atomic E-state index is 13.3. The van der Waals surface area contributed by atoms with Crippen molar-refractivity contribution in [2.75, 3.05) is 6.54 Å². The Labute approximate surface area is 107 Å². The van der Waals surface area contributed by atoms with E-state index in [4.69, 9.17) is 4.74 Å². The maximum Gasteiger partial charge on any atom is 0.261 e. The van der Waals surface area contributed by atoms with Crippen LogP contribution in [0.5, 0.6) is 5.75 Å². The van der Waals surface area contributed by atoms with Crippen molar-refractivity contribution in [3.8, 4) is 5.75 Å². The standard InChI is InChI=1S/C12H13BrFNO2/c13-9-5-4-8(7-10(9)14)17-11-3-1-2-6-15-12(11)16/h4-5,7,11H,1-3,6H2,(H,15,16). The van der Waals surface area contributed by atoms with Gasteiger partial charge in [0, 0.05) is 12.6 Å². The number of halogens is 2. The van der Waals surface area contributed by atoms with Crippen molar-refractivity contribution in [3.05, 3.63) is 28.5 Å². The first-order valence-electron chi connectivity index (χ1n) is 5.56. The van der Waals surface area contributed by atoms with E-state index >= 15 is 0 Å². The maximum absolute atomic E-state index is 13.3. The van der Waals surface area contributed by atoms with Crippen LogP contribution in [0.1, 0.15) is 19.3 Å². The Hall–Kier alpha value is -1.10. The van der Waals surface area contributed by atoms with E-state index in [0.717, 1.165) is 12.8 Å². The highest BCUT2D eigenvalue weighted by molar-refractivity contribution is 9.10. The Kier molecular flexibility index (Phi) is 3.99. The lowest BCUT2D eigenvalue weighted by molar-refractivity contribution is -0.127. The first kappa shape index (κ1) is 12.4. The first-order chi connectivity index (χ1) is 8.16. The van der Waals surface area contributed by atoms with Gasteiger partial charge < -0.3 is 10.1 Å². The van der Waals surface area contributed by atoms with Crippen molar-refractivity contribution in [3.63, 3.8) is 0 Å². The predicted molar refractivity (Wildman–Crippen MR) is 65.4 cm³/mol. The fourth-order valence-corrected chi connectivity index (χ4v) is 1.98. The van der Waals surface area contributed by atoms with E-state index in [2.05, 4.69) is 21.2 Å². The van der Waals surface area contributed by atoms with Crippen molar-refractivity contribution in [1.29, 1.82) is 0 Å². The Bertz CT molecular complexity index is 425. The van der Waals surface area contributed by atoms with Crippen LogP contribution in [0, 0.1) is 5.82 Å². The summed E-state index contributed by atoms with van der Waals surface area (Å²) in [6, 6.07) is 4.49. The molecule has 1 heterocycles. The van der Waals surface area contributed by atoms with E-state index < -0.39 is 11.9 Å². The highest BCUT2D eigenvalue weighted by Gasteiger charge is 2.22. The van der Waals surface area contributed by atoms with Crippen LogP contribution in [-0.4, -0.2) is 18.6 Å². The zero-order valence-corrected chi connectivity index (χ0v) is 10.8. The van der Waals surface area contributed by atoms with E-state index in [0.29, 0.717) is 23.2 Å². The van der Waals surface area contributed by atoms with Crippen molar-refractivity contribution >= 4 is 21.8 Å². The van der Waals surface area contributed by atoms with Crippen LogP contribution in [0.4, 0.5) is 4.39 Å². The molecule has 1 amide bonds. The number of carbonyl (C=O) groups is 1. The van der Waals surface area contributed by atoms with Gasteiger partial charge >= 0.3 is 0 Å². The minimum absolute atomic E-state index is 0.120. The Morgan fingerprint density at radius 2 is 2.24 bits per heavy atom. The molecule has 92 valence electrons. The number of hydrogen-bond donors (Lipinski definition) is 1. The molecule has 1 N–H and O–H groups in total. The van der Waals surface area contributed by atoms with Gasteiger partial charge in [0.05, 0.1) is 4.47 Å². The summed E-state index contributed by atoms with van der Waals surface area (Å²) in [5, 5.41) is 2.77. The largest absolute Gasteiger partial charge is 0.481 e. The summed E-state index contributed by atoms with van der Waals surface area (Å²) >= 11 is 3.07. The third-order valence-electron chi connectivity index (χ3n) is 2.65. The lowest BCUT2D eigenvalue weighted by Crippen LogP contribution is -2.36. The molecular formula is C12H13BrFNO2. The van der Waals surface area contributed by atoms with Crippen molar-refractivity contribution in [1.82, 2.24) is 5.32 Å². The van der Waals surface area contributed by atoms with E-state index in [-0.39, 0.29) is 5.91 Å². The van der Waals surface area contributed by atoms with Crippen LogP contribution >= 0.6 is 15.9 Å². The molecule has 0 saturated carbocycles. The molecule has 0 bridgehead atoms. The normalized spacial score (nSPS) is 20.6. The van der Waals surface area contributed by atoms with Gasteiger partial charge in [-0.15, -0.1) is 0 Å². The van der Waals surface area contributed by atoms with Gasteiger partial charge in [-0.25, -0.2) is 4.39 Å². The number of benzene rings is 1. The number of rotatable bonds is 2. The molecule has 1 saturated heterocycles. The molecule has 5 heteroatoms. The minimum Gasteiger partial charge on any atom is -0.481 e. The molecule has 0 aliphatic carbocycles. The van der Waals surface area contributed by atoms with E-state index in [9.17, 15) is 9.18 Å². The fourth-order valence-electron chi connectivity index (χ4n) is 1.74. The molecule has 3 nitrogen and oxygen atoms in total. The summed E-state index contributed by atoms with van der Waals surface area (Å²) in [5.41, 5.74) is 0. The van der Waals surface area contributed by atoms with Crippen LogP contribution in [0.3, 0.4) is 0 Å². The number of amides is 1. The zero-order valence-electron chi connectivity index (χ0n) is 9.21. The Morgan fingerprint density at radius 3 is 3.00 bits per heavy atom. The molecule has 0 radical (unpaired) electrons. The molecule has 1 aromatic rings. The van der Waals surface area contributed by atoms with Gasteiger partial charge in [0.15, 0.2) is 6.10 Å². The van der Waals surface area contributed by atoms with Gasteiger partial charge in [-0.3, -0.25) is 4.79 Å². The summed E-state index contributed by atoms with van der Waals surface area (Å²) in [6.45, 7) is 0.688. The van der Waals surface area contributed by atoms with Gasteiger partial charge in [-0.2, -0.15) is 0 Å². The van der Waals surface area contributed by atoms with Crippen LogP contribution in [-0.2, 0) is 4.79 Å². The fraction of sp³-hybridized carbons (Fsp3) is 0.417. The molecule has 1 atom stereocenters. The number of nitrogens with one attached hydrogen (secondary N) is 1. The van der Waals surface area contributed by atoms with E-state index in [1.54, 1.807) is 12.1 Å². The summed E-state index contributed by atoms with van der Waals surface area (Å²) in [7, 11) is 0. The van der Waals surface area contributed by atoms with Crippen LogP contribution in [0.2, 0.25) is 0 Å². The lowest BCUT2D eigenvalue weighted by atomic mass is 10.2. The predicted octanol–water partition coefficient (Wildman–Crippen LogP) is 2.64. The molecule has 1 unspecified atom stereocenters. The molecule has 2 rings (SSSR count). The Morgan fingerprint density at radius 1 is 1.41 bits per heavy atom. The van der Waals surface area contributed by atoms with Crippen molar-refractivity contribution in [2.24, 2.45) is 0 Å². The smallest absolute Gasteiger partial charge is 0.261 e. The molecule has 1 fully saturated rings. The molecule has 1 aliphatic rings. The highest BCUT2D eigenvalue weighted by Crippen LogP contribution is 2.23. The van der Waals surface area contributed by atoms with Crippen LogP contribution in [0.25, 0.3) is 0 Å². The quantitative estimate of drug-likeness (QED) is 0.912. The number of hydrogen-bond acceptors (Lipinski definition) is 2. The van der Waals surface area contributed by atoms with Crippen molar-refractivity contribution in [2.45, 2.75) is 25.4 Å². The average Bonchev–Trinajstić information content (AvgIpc) is 2.50. The first-order valence-corrected chi connectivity index (χ1v) is 6.35. The molecule has 1 aromatic carbocycles. The van der Waals surface area contributed by atoms with Crippen LogP contribution in [0.15, 0.2) is 22.7 Å². The van der Waals surface area contributed by atoms with Crippen molar-refractivity contribution < 1.29 is 13.9 Å². The van der Waals surface area contributed by atoms with Gasteiger partial charge in [-0.1, -0.05) is 0 Å². The molecule has 0 spiro atoms. The summed E-state index contributed by atoms with van der Waals surface area (Å²) < 4.78 is 19.2. The van der Waals surface area contributed by atoms with Gasteiger partial charge in [-0.05, 0) is 47.3 Å².